The van der Waals surface area contributed by atoms with Gasteiger partial charge in [-0.15, -0.1) is 0 Å². The summed E-state index contributed by atoms with van der Waals surface area (Å²) in [5.74, 6) is 0.0823. The standard InChI is InChI=1S/C18H20FN3O/c19-16-13-20-9-6-17(16)21-18(23)22-10-7-15(8-11-22)12-14-4-2-1-3-5-14/h1-6,9,13,15H,7-8,10-12H2,(H,20,21,23). The van der Waals surface area contributed by atoms with Gasteiger partial charge in [-0.2, -0.15) is 0 Å². The van der Waals surface area contributed by atoms with Crippen LogP contribution in [0.3, 0.4) is 0 Å². The molecule has 1 aromatic carbocycles. The Morgan fingerprint density at radius 3 is 2.65 bits per heavy atom. The molecule has 1 fully saturated rings. The fourth-order valence-electron chi connectivity index (χ4n) is 2.96. The molecule has 1 N–H and O–H groups in total. The maximum Gasteiger partial charge on any atom is 0.321 e. The van der Waals surface area contributed by atoms with Crippen LogP contribution in [-0.2, 0) is 6.42 Å². The van der Waals surface area contributed by atoms with Crippen molar-refractivity contribution < 1.29 is 9.18 Å². The summed E-state index contributed by atoms with van der Waals surface area (Å²) in [6.07, 6.45) is 5.56. The first-order chi connectivity index (χ1) is 11.2. The number of carbonyl (C=O) groups excluding carboxylic acids is 1. The number of hydrogen-bond donors (Lipinski definition) is 1. The smallest absolute Gasteiger partial charge is 0.321 e. The topological polar surface area (TPSA) is 45.2 Å². The Labute approximate surface area is 135 Å². The summed E-state index contributed by atoms with van der Waals surface area (Å²) in [4.78, 5) is 17.6. The first-order valence-corrected chi connectivity index (χ1v) is 7.92. The van der Waals surface area contributed by atoms with E-state index in [1.54, 1.807) is 4.90 Å². The predicted octanol–water partition coefficient (Wildman–Crippen LogP) is 3.71. The number of hydrogen-bond acceptors (Lipinski definition) is 2. The van der Waals surface area contributed by atoms with Crippen LogP contribution in [0, 0.1) is 11.7 Å². The number of likely N-dealkylation sites (tertiary alicyclic amines) is 1. The molecule has 0 radical (unpaired) electrons. The molecule has 1 aliphatic rings. The van der Waals surface area contributed by atoms with Gasteiger partial charge in [-0.25, -0.2) is 9.18 Å². The van der Waals surface area contributed by atoms with Crippen molar-refractivity contribution in [3.8, 4) is 0 Å². The van der Waals surface area contributed by atoms with Gasteiger partial charge < -0.3 is 10.2 Å². The molecule has 23 heavy (non-hydrogen) atoms. The molecule has 2 aromatic rings. The minimum Gasteiger partial charge on any atom is -0.325 e. The Bertz CT molecular complexity index is 654. The zero-order valence-electron chi connectivity index (χ0n) is 12.9. The van der Waals surface area contributed by atoms with Crippen molar-refractivity contribution in [3.05, 3.63) is 60.2 Å². The first kappa shape index (κ1) is 15.5. The van der Waals surface area contributed by atoms with E-state index in [9.17, 15) is 9.18 Å². The van der Waals surface area contributed by atoms with Gasteiger partial charge >= 0.3 is 6.03 Å². The molecule has 0 aliphatic carbocycles. The van der Waals surface area contributed by atoms with Gasteiger partial charge in [-0.3, -0.25) is 4.98 Å². The third-order valence-corrected chi connectivity index (χ3v) is 4.28. The molecule has 1 aliphatic heterocycles. The molecule has 1 saturated heterocycles. The van der Waals surface area contributed by atoms with Gasteiger partial charge in [0, 0.05) is 19.3 Å². The van der Waals surface area contributed by atoms with Crippen LogP contribution in [0.25, 0.3) is 0 Å². The number of halogens is 1. The molecule has 0 atom stereocenters. The average molecular weight is 313 g/mol. The summed E-state index contributed by atoms with van der Waals surface area (Å²) in [5, 5.41) is 2.62. The van der Waals surface area contributed by atoms with E-state index in [0.717, 1.165) is 25.5 Å². The molecular weight excluding hydrogens is 293 g/mol. The Hall–Kier alpha value is -2.43. The number of nitrogens with one attached hydrogen (secondary N) is 1. The third-order valence-electron chi connectivity index (χ3n) is 4.28. The SMILES string of the molecule is O=C(Nc1ccncc1F)N1CCC(Cc2ccccc2)CC1. The van der Waals surface area contributed by atoms with Crippen molar-refractivity contribution >= 4 is 11.7 Å². The van der Waals surface area contributed by atoms with Gasteiger partial charge in [-0.05, 0) is 36.8 Å². The molecule has 0 unspecified atom stereocenters. The number of rotatable bonds is 3. The van der Waals surface area contributed by atoms with Crippen LogP contribution in [-0.4, -0.2) is 29.0 Å². The predicted molar refractivity (Wildman–Crippen MR) is 87.7 cm³/mol. The van der Waals surface area contributed by atoms with Crippen molar-refractivity contribution in [3.63, 3.8) is 0 Å². The summed E-state index contributed by atoms with van der Waals surface area (Å²) in [6.45, 7) is 1.41. The third kappa shape index (κ3) is 4.06. The van der Waals surface area contributed by atoms with Crippen LogP contribution in [0.15, 0.2) is 48.8 Å². The molecule has 4 nitrogen and oxygen atoms in total. The lowest BCUT2D eigenvalue weighted by Crippen LogP contribution is -2.41. The summed E-state index contributed by atoms with van der Waals surface area (Å²) in [7, 11) is 0. The quantitative estimate of drug-likeness (QED) is 0.939. The number of aromatic nitrogens is 1. The maximum absolute atomic E-state index is 13.5. The van der Waals surface area contributed by atoms with E-state index in [4.69, 9.17) is 0 Å². The fraction of sp³-hybridized carbons (Fsp3) is 0.333. The molecule has 120 valence electrons. The van der Waals surface area contributed by atoms with Gasteiger partial charge in [0.05, 0.1) is 11.9 Å². The highest BCUT2D eigenvalue weighted by atomic mass is 19.1. The monoisotopic (exact) mass is 313 g/mol. The lowest BCUT2D eigenvalue weighted by Gasteiger charge is -2.32. The van der Waals surface area contributed by atoms with Crippen LogP contribution in [0.1, 0.15) is 18.4 Å². The van der Waals surface area contributed by atoms with Gasteiger partial charge in [-0.1, -0.05) is 30.3 Å². The van der Waals surface area contributed by atoms with Crippen LogP contribution < -0.4 is 5.32 Å². The number of amides is 2. The van der Waals surface area contributed by atoms with Crippen molar-refractivity contribution in [1.82, 2.24) is 9.88 Å². The van der Waals surface area contributed by atoms with Crippen molar-refractivity contribution in [2.75, 3.05) is 18.4 Å². The highest BCUT2D eigenvalue weighted by Crippen LogP contribution is 2.22. The molecule has 2 amide bonds. The van der Waals surface area contributed by atoms with Crippen LogP contribution in [0.5, 0.6) is 0 Å². The number of nitrogens with zero attached hydrogens (tertiary/aromatic N) is 2. The van der Waals surface area contributed by atoms with E-state index in [1.807, 2.05) is 6.07 Å². The number of pyridine rings is 1. The summed E-state index contributed by atoms with van der Waals surface area (Å²) in [6, 6.07) is 11.6. The minimum atomic E-state index is -0.514. The second-order valence-electron chi connectivity index (χ2n) is 5.91. The van der Waals surface area contributed by atoms with E-state index in [0.29, 0.717) is 19.0 Å². The summed E-state index contributed by atoms with van der Waals surface area (Å²) < 4.78 is 13.5. The number of anilines is 1. The highest BCUT2D eigenvalue weighted by molar-refractivity contribution is 5.89. The second-order valence-corrected chi connectivity index (χ2v) is 5.91. The maximum atomic E-state index is 13.5. The molecule has 3 rings (SSSR count). The van der Waals surface area contributed by atoms with Crippen molar-refractivity contribution in [2.24, 2.45) is 5.92 Å². The van der Waals surface area contributed by atoms with Crippen LogP contribution in [0.2, 0.25) is 0 Å². The molecule has 2 heterocycles. The van der Waals surface area contributed by atoms with Crippen molar-refractivity contribution in [1.29, 1.82) is 0 Å². The van der Waals surface area contributed by atoms with Crippen LogP contribution >= 0.6 is 0 Å². The number of benzene rings is 1. The van der Waals surface area contributed by atoms with Crippen molar-refractivity contribution in [2.45, 2.75) is 19.3 Å². The van der Waals surface area contributed by atoms with E-state index >= 15 is 0 Å². The molecule has 0 spiro atoms. The molecule has 5 heteroatoms. The number of piperidine rings is 1. The zero-order chi connectivity index (χ0) is 16.1. The van der Waals surface area contributed by atoms with Gasteiger partial charge in [0.25, 0.3) is 0 Å². The van der Waals surface area contributed by atoms with E-state index in [1.165, 1.54) is 17.8 Å². The Morgan fingerprint density at radius 2 is 1.96 bits per heavy atom. The molecule has 0 saturated carbocycles. The van der Waals surface area contributed by atoms with E-state index < -0.39 is 5.82 Å². The Kier molecular flexibility index (Phi) is 4.86. The Morgan fingerprint density at radius 1 is 1.22 bits per heavy atom. The summed E-state index contributed by atoms with van der Waals surface area (Å²) in [5.41, 5.74) is 1.52. The number of urea groups is 1. The molecule has 0 bridgehead atoms. The lowest BCUT2D eigenvalue weighted by molar-refractivity contribution is 0.182. The van der Waals surface area contributed by atoms with E-state index in [-0.39, 0.29) is 11.7 Å². The number of carbonyl (C=O) groups is 1. The first-order valence-electron chi connectivity index (χ1n) is 7.92. The normalized spacial score (nSPS) is 15.4. The largest absolute Gasteiger partial charge is 0.325 e. The highest BCUT2D eigenvalue weighted by Gasteiger charge is 2.23. The summed E-state index contributed by atoms with van der Waals surface area (Å²) >= 11 is 0. The fourth-order valence-corrected chi connectivity index (χ4v) is 2.96. The Balaban J connectivity index is 1.50. The van der Waals surface area contributed by atoms with Gasteiger partial charge in [0.15, 0.2) is 5.82 Å². The van der Waals surface area contributed by atoms with Crippen LogP contribution in [0.4, 0.5) is 14.9 Å². The van der Waals surface area contributed by atoms with Gasteiger partial charge in [0.2, 0.25) is 0 Å². The van der Waals surface area contributed by atoms with Gasteiger partial charge in [0.1, 0.15) is 0 Å². The molecular formula is C18H20FN3O. The minimum absolute atomic E-state index is 0.177. The lowest BCUT2D eigenvalue weighted by atomic mass is 9.90. The zero-order valence-corrected chi connectivity index (χ0v) is 12.9. The average Bonchev–Trinajstić information content (AvgIpc) is 2.58. The van der Waals surface area contributed by atoms with E-state index in [2.05, 4.69) is 34.6 Å². The molecule has 1 aromatic heterocycles. The second kappa shape index (κ2) is 7.22.